The maximum atomic E-state index is 12.9. The monoisotopic (exact) mass is 281 g/mol. The Balaban J connectivity index is 2.30. The Morgan fingerprint density at radius 1 is 1.37 bits per heavy atom. The van der Waals surface area contributed by atoms with Crippen LogP contribution in [0.25, 0.3) is 0 Å². The molecule has 6 heteroatoms. The Morgan fingerprint density at radius 2 is 2.11 bits per heavy atom. The minimum atomic E-state index is -0.837. The fraction of sp³-hybridized carbons (Fsp3) is 0.0769. The van der Waals surface area contributed by atoms with E-state index in [0.29, 0.717) is 10.6 Å². The Hall–Kier alpha value is -2.14. The summed E-state index contributed by atoms with van der Waals surface area (Å²) in [5.41, 5.74) is 0.353. The summed E-state index contributed by atoms with van der Waals surface area (Å²) >= 11 is 5.80. The van der Waals surface area contributed by atoms with E-state index in [1.807, 2.05) is 0 Å². The summed E-state index contributed by atoms with van der Waals surface area (Å²) in [5.74, 6) is -1.74. The van der Waals surface area contributed by atoms with Crippen LogP contribution in [0.2, 0.25) is 5.02 Å². The van der Waals surface area contributed by atoms with Crippen LogP contribution >= 0.6 is 11.6 Å². The summed E-state index contributed by atoms with van der Waals surface area (Å²) in [7, 11) is 0. The lowest BCUT2D eigenvalue weighted by atomic mass is 10.1. The number of ether oxygens (including phenoxy) is 1. The molecule has 0 atom stereocenters. The number of aromatic nitrogens is 1. The number of hydrogen-bond donors (Lipinski definition) is 1. The van der Waals surface area contributed by atoms with Crippen LogP contribution in [0, 0.1) is 12.7 Å². The van der Waals surface area contributed by atoms with Crippen molar-refractivity contribution in [2.75, 3.05) is 0 Å². The quantitative estimate of drug-likeness (QED) is 0.859. The molecule has 1 aromatic heterocycles. The Morgan fingerprint density at radius 3 is 2.79 bits per heavy atom. The molecule has 0 fully saturated rings. The van der Waals surface area contributed by atoms with Crippen LogP contribution in [0.3, 0.4) is 0 Å². The SMILES string of the molecule is Cc1cc(Cl)cc(C(=O)Oc2cncc(F)c2)c1O. The highest BCUT2D eigenvalue weighted by Gasteiger charge is 2.16. The molecule has 0 saturated carbocycles. The molecule has 1 N–H and O–H groups in total. The Bertz CT molecular complexity index is 646. The third-order valence-corrected chi connectivity index (χ3v) is 2.59. The summed E-state index contributed by atoms with van der Waals surface area (Å²) in [5, 5.41) is 10.1. The number of phenolic OH excluding ortho intramolecular Hbond substituents is 1. The molecule has 0 aliphatic carbocycles. The fourth-order valence-electron chi connectivity index (χ4n) is 1.50. The molecule has 19 heavy (non-hydrogen) atoms. The molecule has 1 heterocycles. The van der Waals surface area contributed by atoms with Gasteiger partial charge in [0.15, 0.2) is 5.75 Å². The maximum Gasteiger partial charge on any atom is 0.347 e. The number of benzene rings is 1. The number of esters is 1. The van der Waals surface area contributed by atoms with Gasteiger partial charge in [0, 0.05) is 11.1 Å². The highest BCUT2D eigenvalue weighted by Crippen LogP contribution is 2.27. The Labute approximate surface area is 113 Å². The molecule has 1 aromatic carbocycles. The van der Waals surface area contributed by atoms with Crippen molar-refractivity contribution in [3.8, 4) is 11.5 Å². The van der Waals surface area contributed by atoms with Gasteiger partial charge >= 0.3 is 5.97 Å². The van der Waals surface area contributed by atoms with Gasteiger partial charge in [-0.3, -0.25) is 4.98 Å². The second-order valence-electron chi connectivity index (χ2n) is 3.85. The molecule has 0 amide bonds. The van der Waals surface area contributed by atoms with Gasteiger partial charge in [-0.05, 0) is 24.6 Å². The van der Waals surface area contributed by atoms with Crippen LogP contribution in [0.15, 0.2) is 30.6 Å². The molecule has 4 nitrogen and oxygen atoms in total. The van der Waals surface area contributed by atoms with E-state index >= 15 is 0 Å². The number of hydrogen-bond acceptors (Lipinski definition) is 4. The van der Waals surface area contributed by atoms with E-state index < -0.39 is 11.8 Å². The second kappa shape index (κ2) is 5.24. The zero-order chi connectivity index (χ0) is 14.0. The van der Waals surface area contributed by atoms with Gasteiger partial charge < -0.3 is 9.84 Å². The number of pyridine rings is 1. The number of halogens is 2. The number of carbonyl (C=O) groups excluding carboxylic acids is 1. The van der Waals surface area contributed by atoms with Crippen molar-refractivity contribution >= 4 is 17.6 Å². The zero-order valence-corrected chi connectivity index (χ0v) is 10.6. The first kappa shape index (κ1) is 13.3. The molecule has 0 spiro atoms. The van der Waals surface area contributed by atoms with E-state index in [1.54, 1.807) is 6.92 Å². The van der Waals surface area contributed by atoms with Gasteiger partial charge in [0.2, 0.25) is 0 Å². The Kier molecular flexibility index (Phi) is 3.66. The molecule has 0 unspecified atom stereocenters. The largest absolute Gasteiger partial charge is 0.507 e. The summed E-state index contributed by atoms with van der Waals surface area (Å²) < 4.78 is 17.8. The zero-order valence-electron chi connectivity index (χ0n) is 9.85. The van der Waals surface area contributed by atoms with Gasteiger partial charge in [0.05, 0.1) is 12.4 Å². The predicted octanol–water partition coefficient (Wildman–Crippen LogP) is 3.11. The van der Waals surface area contributed by atoms with E-state index in [9.17, 15) is 14.3 Å². The lowest BCUT2D eigenvalue weighted by Crippen LogP contribution is -2.09. The summed E-state index contributed by atoms with van der Waals surface area (Å²) in [6.07, 6.45) is 2.17. The number of aromatic hydroxyl groups is 1. The molecule has 2 aromatic rings. The minimum Gasteiger partial charge on any atom is -0.507 e. The van der Waals surface area contributed by atoms with Gasteiger partial charge in [0.1, 0.15) is 17.1 Å². The third kappa shape index (κ3) is 3.00. The molecule has 0 radical (unpaired) electrons. The summed E-state index contributed by atoms with van der Waals surface area (Å²) in [6, 6.07) is 3.80. The molecule has 98 valence electrons. The van der Waals surface area contributed by atoms with Crippen LogP contribution in [0.5, 0.6) is 11.5 Å². The van der Waals surface area contributed by atoms with Gasteiger partial charge in [-0.2, -0.15) is 0 Å². The van der Waals surface area contributed by atoms with Crippen molar-refractivity contribution in [1.82, 2.24) is 4.98 Å². The third-order valence-electron chi connectivity index (χ3n) is 2.38. The van der Waals surface area contributed by atoms with Gasteiger partial charge in [-0.25, -0.2) is 9.18 Å². The normalized spacial score (nSPS) is 10.3. The van der Waals surface area contributed by atoms with Crippen molar-refractivity contribution in [2.24, 2.45) is 0 Å². The standard InChI is InChI=1S/C13H9ClFNO3/c1-7-2-8(14)3-11(12(7)17)13(18)19-10-4-9(15)5-16-6-10/h2-6,17H,1H3. The molecular formula is C13H9ClFNO3. The molecule has 0 aliphatic heterocycles. The lowest BCUT2D eigenvalue weighted by Gasteiger charge is -2.08. The van der Waals surface area contributed by atoms with Gasteiger partial charge in [-0.15, -0.1) is 0 Å². The first-order chi connectivity index (χ1) is 8.97. The fourth-order valence-corrected chi connectivity index (χ4v) is 1.77. The molecule has 2 rings (SSSR count). The van der Waals surface area contributed by atoms with Crippen LogP contribution in [-0.2, 0) is 0 Å². The first-order valence-corrected chi connectivity index (χ1v) is 5.67. The average Bonchev–Trinajstić information content (AvgIpc) is 2.33. The van der Waals surface area contributed by atoms with Crippen molar-refractivity contribution in [3.63, 3.8) is 0 Å². The van der Waals surface area contributed by atoms with Crippen molar-refractivity contribution in [2.45, 2.75) is 6.92 Å². The first-order valence-electron chi connectivity index (χ1n) is 5.29. The number of aryl methyl sites for hydroxylation is 1. The lowest BCUT2D eigenvalue weighted by molar-refractivity contribution is 0.0730. The highest BCUT2D eigenvalue weighted by molar-refractivity contribution is 6.31. The number of nitrogens with zero attached hydrogens (tertiary/aromatic N) is 1. The molecule has 0 bridgehead atoms. The van der Waals surface area contributed by atoms with Crippen molar-refractivity contribution in [1.29, 1.82) is 0 Å². The van der Waals surface area contributed by atoms with E-state index in [0.717, 1.165) is 12.3 Å². The van der Waals surface area contributed by atoms with Crippen LogP contribution in [-0.4, -0.2) is 16.1 Å². The number of phenols is 1. The van der Waals surface area contributed by atoms with Crippen molar-refractivity contribution < 1.29 is 19.0 Å². The predicted molar refractivity (Wildman–Crippen MR) is 67.0 cm³/mol. The topological polar surface area (TPSA) is 59.4 Å². The smallest absolute Gasteiger partial charge is 0.347 e. The summed E-state index contributed by atoms with van der Waals surface area (Å²) in [6.45, 7) is 1.60. The molecule has 0 aliphatic rings. The number of carbonyl (C=O) groups is 1. The van der Waals surface area contributed by atoms with Crippen LogP contribution < -0.4 is 4.74 Å². The summed E-state index contributed by atoms with van der Waals surface area (Å²) in [4.78, 5) is 15.4. The minimum absolute atomic E-state index is 0.0537. The number of rotatable bonds is 2. The highest BCUT2D eigenvalue weighted by atomic mass is 35.5. The van der Waals surface area contributed by atoms with Crippen molar-refractivity contribution in [3.05, 3.63) is 52.6 Å². The van der Waals surface area contributed by atoms with Gasteiger partial charge in [-0.1, -0.05) is 11.6 Å². The van der Waals surface area contributed by atoms with E-state index in [2.05, 4.69) is 4.98 Å². The molecular weight excluding hydrogens is 273 g/mol. The average molecular weight is 282 g/mol. The van der Waals surface area contributed by atoms with Crippen LogP contribution in [0.1, 0.15) is 15.9 Å². The maximum absolute atomic E-state index is 12.9. The van der Waals surface area contributed by atoms with Gasteiger partial charge in [0.25, 0.3) is 0 Å². The van der Waals surface area contributed by atoms with E-state index in [-0.39, 0.29) is 17.1 Å². The second-order valence-corrected chi connectivity index (χ2v) is 4.28. The van der Waals surface area contributed by atoms with Crippen LogP contribution in [0.4, 0.5) is 4.39 Å². The van der Waals surface area contributed by atoms with E-state index in [1.165, 1.54) is 18.3 Å². The molecule has 0 saturated heterocycles. The van der Waals surface area contributed by atoms with E-state index in [4.69, 9.17) is 16.3 Å².